The van der Waals surface area contributed by atoms with Crippen LogP contribution in [0.1, 0.15) is 17.0 Å². The Hall–Kier alpha value is -1.74. The van der Waals surface area contributed by atoms with E-state index >= 15 is 0 Å². The first-order valence-electron chi connectivity index (χ1n) is 6.15. The van der Waals surface area contributed by atoms with Crippen molar-refractivity contribution < 1.29 is 4.79 Å². The first kappa shape index (κ1) is 13.7. The molecule has 0 aliphatic rings. The van der Waals surface area contributed by atoms with E-state index in [-0.39, 0.29) is 5.91 Å². The zero-order valence-corrected chi connectivity index (χ0v) is 12.1. The number of halogens is 1. The predicted molar refractivity (Wildman–Crippen MR) is 78.7 cm³/mol. The molecule has 0 saturated heterocycles. The molecule has 0 aliphatic carbocycles. The van der Waals surface area contributed by atoms with Crippen LogP contribution in [0.25, 0.3) is 0 Å². The Morgan fingerprint density at radius 3 is 2.58 bits per heavy atom. The molecular formula is C15H17ClN2O. The number of hydrogen-bond donors (Lipinski definition) is 1. The molecular weight excluding hydrogens is 260 g/mol. The number of carbonyl (C=O) groups excluding carboxylic acids is 1. The van der Waals surface area contributed by atoms with Crippen molar-refractivity contribution in [1.29, 1.82) is 0 Å². The normalized spacial score (nSPS) is 10.5. The standard InChI is InChI=1S/C15H17ClN2O/c1-10-8-12(11(2)18(10)3)9-15(19)17-14-7-5-4-6-13(14)16/h4-8H,9H2,1-3H3,(H,17,19). The first-order chi connectivity index (χ1) is 8.99. The Kier molecular flexibility index (Phi) is 3.96. The van der Waals surface area contributed by atoms with Gasteiger partial charge < -0.3 is 9.88 Å². The van der Waals surface area contributed by atoms with Gasteiger partial charge in [-0.05, 0) is 37.6 Å². The molecule has 1 aromatic heterocycles. The number of carbonyl (C=O) groups is 1. The van der Waals surface area contributed by atoms with Crippen LogP contribution < -0.4 is 5.32 Å². The van der Waals surface area contributed by atoms with E-state index in [9.17, 15) is 4.79 Å². The van der Waals surface area contributed by atoms with Gasteiger partial charge in [-0.2, -0.15) is 0 Å². The lowest BCUT2D eigenvalue weighted by molar-refractivity contribution is -0.115. The van der Waals surface area contributed by atoms with Crippen LogP contribution in [0.4, 0.5) is 5.69 Å². The smallest absolute Gasteiger partial charge is 0.228 e. The van der Waals surface area contributed by atoms with Crippen LogP contribution in [0.3, 0.4) is 0 Å². The van der Waals surface area contributed by atoms with Gasteiger partial charge in [0.1, 0.15) is 0 Å². The van der Waals surface area contributed by atoms with Crippen molar-refractivity contribution >= 4 is 23.2 Å². The van der Waals surface area contributed by atoms with Crippen LogP contribution in [-0.2, 0) is 18.3 Å². The molecule has 0 unspecified atom stereocenters. The lowest BCUT2D eigenvalue weighted by Crippen LogP contribution is -2.15. The maximum Gasteiger partial charge on any atom is 0.228 e. The minimum absolute atomic E-state index is 0.0539. The quantitative estimate of drug-likeness (QED) is 0.915. The second-order valence-electron chi connectivity index (χ2n) is 4.66. The molecule has 2 rings (SSSR count). The highest BCUT2D eigenvalue weighted by Crippen LogP contribution is 2.21. The predicted octanol–water partition coefficient (Wildman–Crippen LogP) is 3.48. The average molecular weight is 277 g/mol. The van der Waals surface area contributed by atoms with Gasteiger partial charge in [0.2, 0.25) is 5.91 Å². The highest BCUT2D eigenvalue weighted by molar-refractivity contribution is 6.33. The Balaban J connectivity index is 2.10. The Morgan fingerprint density at radius 2 is 2.00 bits per heavy atom. The van der Waals surface area contributed by atoms with Gasteiger partial charge in [-0.15, -0.1) is 0 Å². The van der Waals surface area contributed by atoms with Crippen LogP contribution in [-0.4, -0.2) is 10.5 Å². The lowest BCUT2D eigenvalue weighted by Gasteiger charge is -2.07. The second-order valence-corrected chi connectivity index (χ2v) is 5.07. The maximum absolute atomic E-state index is 12.0. The summed E-state index contributed by atoms with van der Waals surface area (Å²) >= 11 is 6.01. The molecule has 0 radical (unpaired) electrons. The molecule has 2 aromatic rings. The zero-order chi connectivity index (χ0) is 14.0. The first-order valence-corrected chi connectivity index (χ1v) is 6.53. The van der Waals surface area contributed by atoms with E-state index in [4.69, 9.17) is 11.6 Å². The molecule has 1 heterocycles. The summed E-state index contributed by atoms with van der Waals surface area (Å²) in [6.07, 6.45) is 0.360. The fourth-order valence-electron chi connectivity index (χ4n) is 2.04. The third-order valence-electron chi connectivity index (χ3n) is 3.38. The van der Waals surface area contributed by atoms with Gasteiger partial charge >= 0.3 is 0 Å². The maximum atomic E-state index is 12.0. The number of hydrogen-bond acceptors (Lipinski definition) is 1. The topological polar surface area (TPSA) is 34.0 Å². The van der Waals surface area contributed by atoms with Crippen LogP contribution in [0.15, 0.2) is 30.3 Å². The highest BCUT2D eigenvalue weighted by Gasteiger charge is 2.11. The average Bonchev–Trinajstić information content (AvgIpc) is 2.60. The molecule has 0 bridgehead atoms. The minimum atomic E-state index is -0.0539. The van der Waals surface area contributed by atoms with Gasteiger partial charge in [0.15, 0.2) is 0 Å². The Bertz CT molecular complexity index is 617. The van der Waals surface area contributed by atoms with Crippen molar-refractivity contribution in [2.75, 3.05) is 5.32 Å². The minimum Gasteiger partial charge on any atom is -0.352 e. The van der Waals surface area contributed by atoms with Gasteiger partial charge in [-0.1, -0.05) is 23.7 Å². The van der Waals surface area contributed by atoms with Crippen molar-refractivity contribution in [2.24, 2.45) is 7.05 Å². The Labute approximate surface area is 118 Å². The third kappa shape index (κ3) is 2.99. The molecule has 19 heavy (non-hydrogen) atoms. The number of nitrogens with zero attached hydrogens (tertiary/aromatic N) is 1. The van der Waals surface area contributed by atoms with E-state index in [2.05, 4.69) is 9.88 Å². The van der Waals surface area contributed by atoms with Crippen molar-refractivity contribution in [1.82, 2.24) is 4.57 Å². The molecule has 0 spiro atoms. The van der Waals surface area contributed by atoms with Crippen LogP contribution >= 0.6 is 11.6 Å². The van der Waals surface area contributed by atoms with Crippen molar-refractivity contribution in [3.63, 3.8) is 0 Å². The van der Waals surface area contributed by atoms with E-state index in [0.29, 0.717) is 17.1 Å². The van der Waals surface area contributed by atoms with Crippen molar-refractivity contribution in [2.45, 2.75) is 20.3 Å². The molecule has 1 amide bonds. The molecule has 100 valence electrons. The monoisotopic (exact) mass is 276 g/mol. The fraction of sp³-hybridized carbons (Fsp3) is 0.267. The van der Waals surface area contributed by atoms with Gasteiger partial charge in [0, 0.05) is 18.4 Å². The third-order valence-corrected chi connectivity index (χ3v) is 3.71. The number of rotatable bonds is 3. The zero-order valence-electron chi connectivity index (χ0n) is 11.3. The summed E-state index contributed by atoms with van der Waals surface area (Å²) in [5, 5.41) is 3.39. The summed E-state index contributed by atoms with van der Waals surface area (Å²) in [4.78, 5) is 12.0. The molecule has 0 atom stereocenters. The van der Waals surface area contributed by atoms with Crippen LogP contribution in [0.5, 0.6) is 0 Å². The lowest BCUT2D eigenvalue weighted by atomic mass is 10.1. The molecule has 4 heteroatoms. The van der Waals surface area contributed by atoms with Gasteiger partial charge in [0.05, 0.1) is 17.1 Å². The SMILES string of the molecule is Cc1cc(CC(=O)Nc2ccccc2Cl)c(C)n1C. The van der Waals surface area contributed by atoms with E-state index in [0.717, 1.165) is 17.0 Å². The summed E-state index contributed by atoms with van der Waals surface area (Å²) in [5.74, 6) is -0.0539. The summed E-state index contributed by atoms with van der Waals surface area (Å²) in [6, 6.07) is 9.28. The van der Waals surface area contributed by atoms with Crippen molar-refractivity contribution in [3.05, 3.63) is 52.3 Å². The number of benzene rings is 1. The summed E-state index contributed by atoms with van der Waals surface area (Å²) in [7, 11) is 2.00. The fourth-order valence-corrected chi connectivity index (χ4v) is 2.23. The summed E-state index contributed by atoms with van der Waals surface area (Å²) in [6.45, 7) is 4.05. The summed E-state index contributed by atoms with van der Waals surface area (Å²) < 4.78 is 2.08. The number of aromatic nitrogens is 1. The summed E-state index contributed by atoms with van der Waals surface area (Å²) in [5.41, 5.74) is 3.97. The number of nitrogens with one attached hydrogen (secondary N) is 1. The van der Waals surface area contributed by atoms with Gasteiger partial charge in [-0.3, -0.25) is 4.79 Å². The number of amides is 1. The van der Waals surface area contributed by atoms with Crippen LogP contribution in [0, 0.1) is 13.8 Å². The number of para-hydroxylation sites is 1. The van der Waals surface area contributed by atoms with Gasteiger partial charge in [0.25, 0.3) is 0 Å². The molecule has 0 aliphatic heterocycles. The molecule has 3 nitrogen and oxygen atoms in total. The van der Waals surface area contributed by atoms with E-state index in [1.165, 1.54) is 0 Å². The molecule has 0 saturated carbocycles. The number of aryl methyl sites for hydroxylation is 1. The van der Waals surface area contributed by atoms with Gasteiger partial charge in [-0.25, -0.2) is 0 Å². The van der Waals surface area contributed by atoms with E-state index in [1.54, 1.807) is 12.1 Å². The second kappa shape index (κ2) is 5.49. The van der Waals surface area contributed by atoms with E-state index < -0.39 is 0 Å². The van der Waals surface area contributed by atoms with Crippen LogP contribution in [0.2, 0.25) is 5.02 Å². The highest BCUT2D eigenvalue weighted by atomic mass is 35.5. The Morgan fingerprint density at radius 1 is 1.32 bits per heavy atom. The molecule has 1 aromatic carbocycles. The molecule has 1 N–H and O–H groups in total. The molecule has 0 fully saturated rings. The van der Waals surface area contributed by atoms with E-state index in [1.807, 2.05) is 39.1 Å². The largest absolute Gasteiger partial charge is 0.352 e. The van der Waals surface area contributed by atoms with Crippen molar-refractivity contribution in [3.8, 4) is 0 Å². The number of anilines is 1.